The highest BCUT2D eigenvalue weighted by Gasteiger charge is 2.36. The van der Waals surface area contributed by atoms with E-state index in [1.807, 2.05) is 54.6 Å². The summed E-state index contributed by atoms with van der Waals surface area (Å²) >= 11 is 12.8. The van der Waals surface area contributed by atoms with Crippen LogP contribution in [-0.4, -0.2) is 11.6 Å². The molecular weight excluding hydrogens is 532 g/mol. The van der Waals surface area contributed by atoms with E-state index in [1.165, 1.54) is 0 Å². The lowest BCUT2D eigenvalue weighted by atomic mass is 9.83. The zero-order valence-electron chi connectivity index (χ0n) is 20.0. The van der Waals surface area contributed by atoms with Gasteiger partial charge in [0.1, 0.15) is 0 Å². The van der Waals surface area contributed by atoms with Crippen molar-refractivity contribution in [1.82, 2.24) is 0 Å². The Morgan fingerprint density at radius 2 is 0.921 bits per heavy atom. The number of benzene rings is 5. The first-order valence-electron chi connectivity index (χ1n) is 12.0. The average Bonchev–Trinajstić information content (AvgIpc) is 2.97. The third kappa shape index (κ3) is 3.87. The van der Waals surface area contributed by atoms with E-state index in [9.17, 15) is 9.59 Å². The highest BCUT2D eigenvalue weighted by atomic mass is 35.5. The third-order valence-corrected chi connectivity index (χ3v) is 11.0. The van der Waals surface area contributed by atoms with Gasteiger partial charge in [0.2, 0.25) is 0 Å². The fourth-order valence-electron chi connectivity index (χ4n) is 5.02. The van der Waals surface area contributed by atoms with Crippen molar-refractivity contribution in [2.24, 2.45) is 4.74 Å². The Balaban J connectivity index is 1.74. The molecule has 0 fully saturated rings. The minimum absolute atomic E-state index is 0.127. The Morgan fingerprint density at radius 3 is 1.39 bits per heavy atom. The number of rotatable bonds is 4. The lowest BCUT2D eigenvalue weighted by molar-refractivity contribution is 0.0980. The minimum atomic E-state index is -2.67. The molecular formula is C32H20Cl2NO2P. The zero-order valence-corrected chi connectivity index (χ0v) is 22.4. The molecule has 1 aliphatic carbocycles. The number of carbonyl (C=O) groups is 2. The SMILES string of the molecule is O=C1c2cccc(N=P(c3ccccc3)(c3ccccc3)c3ccccc3)c2C(=O)c2c(Cl)ccc(Cl)c21. The van der Waals surface area contributed by atoms with Gasteiger partial charge in [-0.2, -0.15) is 0 Å². The molecule has 0 heterocycles. The molecule has 38 heavy (non-hydrogen) atoms. The van der Waals surface area contributed by atoms with E-state index in [1.54, 1.807) is 30.3 Å². The van der Waals surface area contributed by atoms with Crippen LogP contribution in [-0.2, 0) is 0 Å². The standard InChI is InChI=1S/C32H20Cl2NO2P/c33-25-19-20-26(34)30-29(25)31(36)24-17-10-18-27(28(24)32(30)37)35-38(21-11-4-1-5-12-21,22-13-6-2-7-14-22)23-15-8-3-9-16-23/h1-20H. The highest BCUT2D eigenvalue weighted by molar-refractivity contribution is 7.87. The molecule has 1 aliphatic rings. The van der Waals surface area contributed by atoms with Crippen LogP contribution in [0.2, 0.25) is 10.0 Å². The van der Waals surface area contributed by atoms with Crippen molar-refractivity contribution in [3.63, 3.8) is 0 Å². The van der Waals surface area contributed by atoms with Gasteiger partial charge < -0.3 is 0 Å². The Morgan fingerprint density at radius 1 is 0.474 bits per heavy atom. The molecule has 0 saturated carbocycles. The lowest BCUT2D eigenvalue weighted by Crippen LogP contribution is -2.26. The molecule has 0 atom stereocenters. The minimum Gasteiger partial charge on any atom is -0.289 e. The largest absolute Gasteiger partial charge is 0.289 e. The summed E-state index contributed by atoms with van der Waals surface area (Å²) in [5.74, 6) is -0.684. The predicted octanol–water partition coefficient (Wildman–Crippen LogP) is 7.58. The Hall–Kier alpha value is -3.75. The third-order valence-electron chi connectivity index (χ3n) is 6.72. The monoisotopic (exact) mass is 551 g/mol. The lowest BCUT2D eigenvalue weighted by Gasteiger charge is -2.28. The van der Waals surface area contributed by atoms with E-state index in [2.05, 4.69) is 36.4 Å². The molecule has 6 heteroatoms. The molecule has 0 aliphatic heterocycles. The fourth-order valence-corrected chi connectivity index (χ4v) is 9.05. The first kappa shape index (κ1) is 24.6. The van der Waals surface area contributed by atoms with E-state index >= 15 is 0 Å². The Kier molecular flexibility index (Phi) is 6.37. The van der Waals surface area contributed by atoms with Gasteiger partial charge in [0.25, 0.3) is 0 Å². The van der Waals surface area contributed by atoms with E-state index in [0.29, 0.717) is 5.69 Å². The molecule has 0 N–H and O–H groups in total. The fraction of sp³-hybridized carbons (Fsp3) is 0. The number of ketones is 2. The van der Waals surface area contributed by atoms with Crippen molar-refractivity contribution in [3.05, 3.63) is 154 Å². The molecule has 5 aromatic carbocycles. The zero-order chi connectivity index (χ0) is 26.3. The summed E-state index contributed by atoms with van der Waals surface area (Å²) in [6, 6.07) is 38.7. The molecule has 0 amide bonds. The number of hydrogen-bond donors (Lipinski definition) is 0. The van der Waals surface area contributed by atoms with Gasteiger partial charge in [-0.05, 0) is 18.2 Å². The summed E-state index contributed by atoms with van der Waals surface area (Å²) in [5, 5.41) is 3.50. The Bertz CT molecular complexity index is 1670. The molecule has 184 valence electrons. The van der Waals surface area contributed by atoms with E-state index in [4.69, 9.17) is 27.9 Å². The van der Waals surface area contributed by atoms with Crippen molar-refractivity contribution < 1.29 is 9.59 Å². The normalized spacial score (nSPS) is 12.6. The second kappa shape index (κ2) is 9.85. The molecule has 6 rings (SSSR count). The maximum atomic E-state index is 14.0. The molecule has 0 spiro atoms. The highest BCUT2D eigenvalue weighted by Crippen LogP contribution is 2.51. The number of carbonyl (C=O) groups excluding carboxylic acids is 2. The van der Waals surface area contributed by atoms with Crippen LogP contribution < -0.4 is 15.9 Å². The molecule has 5 aromatic rings. The van der Waals surface area contributed by atoms with Crippen LogP contribution in [0.3, 0.4) is 0 Å². The van der Waals surface area contributed by atoms with Gasteiger partial charge >= 0.3 is 0 Å². The molecule has 0 aromatic heterocycles. The first-order chi connectivity index (χ1) is 18.5. The molecule has 3 nitrogen and oxygen atoms in total. The van der Waals surface area contributed by atoms with Crippen molar-refractivity contribution in [3.8, 4) is 0 Å². The van der Waals surface area contributed by atoms with Crippen LogP contribution in [0.25, 0.3) is 0 Å². The van der Waals surface area contributed by atoms with Crippen molar-refractivity contribution in [2.75, 3.05) is 0 Å². The van der Waals surface area contributed by atoms with Crippen molar-refractivity contribution >= 4 is 63.4 Å². The van der Waals surface area contributed by atoms with Gasteiger partial charge in [-0.3, -0.25) is 14.3 Å². The topological polar surface area (TPSA) is 46.5 Å². The number of hydrogen-bond acceptors (Lipinski definition) is 3. The van der Waals surface area contributed by atoms with Gasteiger partial charge in [0.15, 0.2) is 11.6 Å². The maximum Gasteiger partial charge on any atom is 0.198 e. The van der Waals surface area contributed by atoms with Gasteiger partial charge in [-0.25, -0.2) is 0 Å². The summed E-state index contributed by atoms with van der Waals surface area (Å²) in [6.07, 6.45) is 0. The first-order valence-corrected chi connectivity index (χ1v) is 14.5. The molecule has 0 unspecified atom stereocenters. The van der Waals surface area contributed by atoms with Crippen molar-refractivity contribution in [1.29, 1.82) is 0 Å². The summed E-state index contributed by atoms with van der Waals surface area (Å²) in [4.78, 5) is 27.6. The summed E-state index contributed by atoms with van der Waals surface area (Å²) in [7, 11) is -2.67. The van der Waals surface area contributed by atoms with Gasteiger partial charge in [0.05, 0.1) is 39.5 Å². The maximum absolute atomic E-state index is 14.0. The smallest absolute Gasteiger partial charge is 0.198 e. The van der Waals surface area contributed by atoms with Crippen molar-refractivity contribution in [2.45, 2.75) is 0 Å². The summed E-state index contributed by atoms with van der Waals surface area (Å²) in [5.41, 5.74) is 1.25. The Labute approximate surface area is 230 Å². The molecule has 0 saturated heterocycles. The van der Waals surface area contributed by atoms with Gasteiger partial charge in [0, 0.05) is 21.5 Å². The van der Waals surface area contributed by atoms with Crippen LogP contribution in [0.1, 0.15) is 31.8 Å². The molecule has 0 radical (unpaired) electrons. The van der Waals surface area contributed by atoms with Gasteiger partial charge in [-0.1, -0.05) is 126 Å². The second-order valence-corrected chi connectivity index (χ2v) is 12.7. The number of halogens is 2. The number of nitrogens with zero attached hydrogens (tertiary/aromatic N) is 1. The van der Waals surface area contributed by atoms with Crippen LogP contribution in [0.4, 0.5) is 5.69 Å². The van der Waals surface area contributed by atoms with Crippen LogP contribution >= 0.6 is 30.3 Å². The summed E-state index contributed by atoms with van der Waals surface area (Å²) in [6.45, 7) is 0. The number of fused-ring (bicyclic) bond motifs is 2. The summed E-state index contributed by atoms with van der Waals surface area (Å²) < 4.78 is 5.49. The molecule has 0 bridgehead atoms. The van der Waals surface area contributed by atoms with E-state index in [0.717, 1.165) is 15.9 Å². The van der Waals surface area contributed by atoms with Crippen LogP contribution in [0, 0.1) is 0 Å². The second-order valence-electron chi connectivity index (χ2n) is 8.88. The van der Waals surface area contributed by atoms with Crippen LogP contribution in [0.15, 0.2) is 126 Å². The van der Waals surface area contributed by atoms with E-state index in [-0.39, 0.29) is 43.9 Å². The quantitative estimate of drug-likeness (QED) is 0.212. The van der Waals surface area contributed by atoms with Crippen LogP contribution in [0.5, 0.6) is 0 Å². The average molecular weight is 552 g/mol. The van der Waals surface area contributed by atoms with E-state index < -0.39 is 7.05 Å². The van der Waals surface area contributed by atoms with Gasteiger partial charge in [-0.15, -0.1) is 0 Å². The predicted molar refractivity (Wildman–Crippen MR) is 157 cm³/mol.